The number of hydrogen-bond acceptors (Lipinski definition) is 4. The number of carbonyl (C=O) groups excluding carboxylic acids is 3. The minimum atomic E-state index is -0.494. The van der Waals surface area contributed by atoms with Crippen LogP contribution in [0.25, 0.3) is 0 Å². The lowest BCUT2D eigenvalue weighted by atomic mass is 10.2. The van der Waals surface area contributed by atoms with Crippen LogP contribution in [0.4, 0.5) is 15.8 Å². The second-order valence-corrected chi connectivity index (χ2v) is 9.36. The highest BCUT2D eigenvalue weighted by atomic mass is 127. The summed E-state index contributed by atoms with van der Waals surface area (Å²) in [6, 6.07) is 19.6. The van der Waals surface area contributed by atoms with Crippen LogP contribution in [0.15, 0.2) is 77.7 Å². The quantitative estimate of drug-likeness (QED) is 0.357. The molecule has 5 nitrogen and oxygen atoms in total. The molecule has 3 aromatic rings. The van der Waals surface area contributed by atoms with Gasteiger partial charge in [-0.1, -0.05) is 0 Å². The fourth-order valence-corrected chi connectivity index (χ4v) is 4.56. The van der Waals surface area contributed by atoms with Gasteiger partial charge in [-0.05, 0) is 95.4 Å². The molecule has 1 unspecified atom stereocenters. The van der Waals surface area contributed by atoms with Gasteiger partial charge in [-0.2, -0.15) is 0 Å². The third-order valence-electron chi connectivity index (χ3n) is 4.69. The van der Waals surface area contributed by atoms with Crippen LogP contribution in [0.5, 0.6) is 0 Å². The Hall–Kier alpha value is -2.72. The summed E-state index contributed by atoms with van der Waals surface area (Å²) in [7, 11) is 0. The van der Waals surface area contributed by atoms with Gasteiger partial charge >= 0.3 is 0 Å². The maximum Gasteiger partial charge on any atom is 0.255 e. The summed E-state index contributed by atoms with van der Waals surface area (Å²) in [6.07, 6.45) is 0.137. The lowest BCUT2D eigenvalue weighted by Gasteiger charge is -2.15. The van der Waals surface area contributed by atoms with Gasteiger partial charge < -0.3 is 5.32 Å². The average molecular weight is 546 g/mol. The molecule has 8 heteroatoms. The number of nitrogens with one attached hydrogen (secondary N) is 1. The molecule has 1 fully saturated rings. The zero-order chi connectivity index (χ0) is 22.0. The summed E-state index contributed by atoms with van der Waals surface area (Å²) in [5.74, 6) is -1.19. The van der Waals surface area contributed by atoms with Crippen LogP contribution in [0.2, 0.25) is 0 Å². The number of rotatable bonds is 5. The Kier molecular flexibility index (Phi) is 6.38. The Morgan fingerprint density at radius 2 is 1.61 bits per heavy atom. The third kappa shape index (κ3) is 4.96. The Morgan fingerprint density at radius 1 is 0.968 bits per heavy atom. The number of halogens is 2. The van der Waals surface area contributed by atoms with E-state index in [1.807, 2.05) is 12.1 Å². The fraction of sp³-hybridized carbons (Fsp3) is 0.0870. The molecule has 1 aliphatic rings. The molecule has 1 aliphatic heterocycles. The molecule has 1 N–H and O–H groups in total. The van der Waals surface area contributed by atoms with Crippen LogP contribution >= 0.6 is 34.4 Å². The molecule has 0 aliphatic carbocycles. The molecule has 0 saturated carbocycles. The van der Waals surface area contributed by atoms with E-state index in [0.29, 0.717) is 16.9 Å². The van der Waals surface area contributed by atoms with E-state index in [9.17, 15) is 18.8 Å². The summed E-state index contributed by atoms with van der Waals surface area (Å²) >= 11 is 3.49. The van der Waals surface area contributed by atoms with Crippen molar-refractivity contribution in [1.29, 1.82) is 0 Å². The molecule has 0 spiro atoms. The summed E-state index contributed by atoms with van der Waals surface area (Å²) in [5.41, 5.74) is 1.51. The monoisotopic (exact) mass is 546 g/mol. The molecular weight excluding hydrogens is 530 g/mol. The van der Waals surface area contributed by atoms with Crippen LogP contribution < -0.4 is 10.2 Å². The summed E-state index contributed by atoms with van der Waals surface area (Å²) < 4.78 is 14.0. The van der Waals surface area contributed by atoms with Gasteiger partial charge in [-0.3, -0.25) is 14.4 Å². The number of hydrogen-bond donors (Lipinski definition) is 1. The van der Waals surface area contributed by atoms with Gasteiger partial charge in [0.05, 0.1) is 10.9 Å². The van der Waals surface area contributed by atoms with Crippen LogP contribution in [-0.2, 0) is 9.59 Å². The first-order valence-corrected chi connectivity index (χ1v) is 11.3. The second kappa shape index (κ2) is 9.19. The van der Waals surface area contributed by atoms with Gasteiger partial charge in [0.25, 0.3) is 5.91 Å². The van der Waals surface area contributed by atoms with Crippen molar-refractivity contribution in [1.82, 2.24) is 0 Å². The number of benzene rings is 3. The predicted molar refractivity (Wildman–Crippen MR) is 127 cm³/mol. The Morgan fingerprint density at radius 3 is 2.26 bits per heavy atom. The first-order chi connectivity index (χ1) is 14.9. The minimum Gasteiger partial charge on any atom is -0.322 e. The summed E-state index contributed by atoms with van der Waals surface area (Å²) in [5, 5.41) is 2.25. The molecule has 4 rings (SSSR count). The molecule has 3 amide bonds. The van der Waals surface area contributed by atoms with Gasteiger partial charge in [0.15, 0.2) is 0 Å². The van der Waals surface area contributed by atoms with Crippen molar-refractivity contribution in [2.24, 2.45) is 0 Å². The van der Waals surface area contributed by atoms with Crippen LogP contribution in [0.1, 0.15) is 16.8 Å². The predicted octanol–water partition coefficient (Wildman–Crippen LogP) is 5.11. The highest BCUT2D eigenvalue weighted by Gasteiger charge is 2.40. The van der Waals surface area contributed by atoms with Crippen LogP contribution in [-0.4, -0.2) is 23.0 Å². The minimum absolute atomic E-state index is 0.137. The van der Waals surface area contributed by atoms with Gasteiger partial charge in [-0.15, -0.1) is 11.8 Å². The van der Waals surface area contributed by atoms with Crippen molar-refractivity contribution >= 4 is 63.4 Å². The van der Waals surface area contributed by atoms with Crippen LogP contribution in [0.3, 0.4) is 0 Å². The van der Waals surface area contributed by atoms with Crippen molar-refractivity contribution < 1.29 is 18.8 Å². The number of amides is 3. The van der Waals surface area contributed by atoms with Crippen molar-refractivity contribution in [2.75, 3.05) is 10.2 Å². The third-order valence-corrected chi connectivity index (χ3v) is 6.60. The lowest BCUT2D eigenvalue weighted by Crippen LogP contribution is -2.31. The average Bonchev–Trinajstić information content (AvgIpc) is 3.03. The van der Waals surface area contributed by atoms with Gasteiger partial charge in [-0.25, -0.2) is 9.29 Å². The van der Waals surface area contributed by atoms with Crippen molar-refractivity contribution in [3.63, 3.8) is 0 Å². The van der Waals surface area contributed by atoms with Crippen molar-refractivity contribution in [2.45, 2.75) is 16.6 Å². The normalized spacial score (nSPS) is 15.9. The first-order valence-electron chi connectivity index (χ1n) is 9.37. The maximum absolute atomic E-state index is 13.0. The summed E-state index contributed by atoms with van der Waals surface area (Å²) in [4.78, 5) is 39.5. The fourth-order valence-electron chi connectivity index (χ4n) is 3.14. The van der Waals surface area contributed by atoms with E-state index in [-0.39, 0.29) is 24.1 Å². The standard InChI is InChI=1S/C23H16FIN2O3S/c24-15-3-1-14(2-4-15)22(29)26-17-7-11-19(12-8-17)31-20-13-21(28)27(23(20)30)18-9-5-16(25)6-10-18/h1-12,20H,13H2,(H,26,29). The largest absolute Gasteiger partial charge is 0.322 e. The van der Waals surface area contributed by atoms with E-state index >= 15 is 0 Å². The highest BCUT2D eigenvalue weighted by Crippen LogP contribution is 2.34. The van der Waals surface area contributed by atoms with E-state index in [1.54, 1.807) is 36.4 Å². The molecular formula is C23H16FIN2O3S. The molecule has 156 valence electrons. The number of carbonyl (C=O) groups is 3. The van der Waals surface area contributed by atoms with Crippen LogP contribution in [0, 0.1) is 9.39 Å². The Bertz CT molecular complexity index is 1130. The molecule has 1 heterocycles. The number of imide groups is 1. The summed E-state index contributed by atoms with van der Waals surface area (Å²) in [6.45, 7) is 0. The van der Waals surface area contributed by atoms with E-state index in [2.05, 4.69) is 27.9 Å². The second-order valence-electron chi connectivity index (χ2n) is 6.84. The smallest absolute Gasteiger partial charge is 0.255 e. The zero-order valence-corrected chi connectivity index (χ0v) is 19.0. The zero-order valence-electron chi connectivity index (χ0n) is 16.0. The molecule has 0 bridgehead atoms. The Labute approximate surface area is 196 Å². The van der Waals surface area contributed by atoms with Gasteiger partial charge in [0, 0.05) is 26.1 Å². The van der Waals surface area contributed by atoms with Crippen molar-refractivity contribution in [3.05, 3.63) is 87.7 Å². The molecule has 0 aromatic heterocycles. The number of thioether (sulfide) groups is 1. The van der Waals surface area contributed by atoms with E-state index in [4.69, 9.17) is 0 Å². The topological polar surface area (TPSA) is 66.5 Å². The Balaban J connectivity index is 1.40. The molecule has 3 aromatic carbocycles. The van der Waals surface area contributed by atoms with Gasteiger partial charge in [0.2, 0.25) is 11.8 Å². The lowest BCUT2D eigenvalue weighted by molar-refractivity contribution is -0.121. The first kappa shape index (κ1) is 21.5. The molecule has 1 atom stereocenters. The highest BCUT2D eigenvalue weighted by molar-refractivity contribution is 14.1. The SMILES string of the molecule is O=C(Nc1ccc(SC2CC(=O)N(c3ccc(I)cc3)C2=O)cc1)c1ccc(F)cc1. The molecule has 31 heavy (non-hydrogen) atoms. The number of nitrogens with zero attached hydrogens (tertiary/aromatic N) is 1. The van der Waals surface area contributed by atoms with Gasteiger partial charge in [0.1, 0.15) is 5.82 Å². The molecule has 1 saturated heterocycles. The van der Waals surface area contributed by atoms with E-state index in [1.165, 1.54) is 40.9 Å². The van der Waals surface area contributed by atoms with E-state index < -0.39 is 11.1 Å². The molecule has 0 radical (unpaired) electrons. The number of anilines is 2. The van der Waals surface area contributed by atoms with E-state index in [0.717, 1.165) is 8.47 Å². The maximum atomic E-state index is 13.0. The van der Waals surface area contributed by atoms with Crippen molar-refractivity contribution in [3.8, 4) is 0 Å².